The van der Waals surface area contributed by atoms with Crippen LogP contribution in [0.4, 0.5) is 0 Å². The van der Waals surface area contributed by atoms with Crippen molar-refractivity contribution in [3.63, 3.8) is 0 Å². The Morgan fingerprint density at radius 1 is 1.03 bits per heavy atom. The molecule has 7 nitrogen and oxygen atoms in total. The summed E-state index contributed by atoms with van der Waals surface area (Å²) in [5, 5.41) is 9.12. The number of rotatable bonds is 8. The summed E-state index contributed by atoms with van der Waals surface area (Å²) in [6.45, 7) is 2.38. The maximum absolute atomic E-state index is 13.4. The summed E-state index contributed by atoms with van der Waals surface area (Å²) in [7, 11) is -3.93. The molecule has 1 saturated heterocycles. The number of piperidine rings is 1. The molecule has 2 atom stereocenters. The molecule has 2 heterocycles. The van der Waals surface area contributed by atoms with Crippen molar-refractivity contribution < 1.29 is 13.2 Å². The number of amides is 1. The van der Waals surface area contributed by atoms with Gasteiger partial charge in [0.05, 0.1) is 4.90 Å². The minimum absolute atomic E-state index is 0.143. The van der Waals surface area contributed by atoms with E-state index in [0.717, 1.165) is 53.2 Å². The van der Waals surface area contributed by atoms with E-state index >= 15 is 0 Å². The predicted molar refractivity (Wildman–Crippen MR) is 139 cm³/mol. The highest BCUT2D eigenvalue weighted by Crippen LogP contribution is 2.22. The summed E-state index contributed by atoms with van der Waals surface area (Å²) in [6.07, 6.45) is 4.21. The molecule has 4 aromatic rings. The van der Waals surface area contributed by atoms with E-state index in [4.69, 9.17) is 0 Å². The van der Waals surface area contributed by atoms with E-state index in [1.54, 1.807) is 18.2 Å². The van der Waals surface area contributed by atoms with Gasteiger partial charge >= 0.3 is 0 Å². The molecule has 8 heteroatoms. The van der Waals surface area contributed by atoms with Crippen LogP contribution in [0.3, 0.4) is 0 Å². The normalized spacial score (nSPS) is 17.4. The highest BCUT2D eigenvalue weighted by atomic mass is 32.2. The molecule has 0 bridgehead atoms. The molecule has 0 unspecified atom stereocenters. The molecule has 0 spiro atoms. The molecule has 0 aliphatic carbocycles. The fourth-order valence-electron chi connectivity index (χ4n) is 4.76. The van der Waals surface area contributed by atoms with Crippen LogP contribution >= 0.6 is 0 Å². The molecule has 1 aliphatic heterocycles. The van der Waals surface area contributed by atoms with E-state index in [-0.39, 0.29) is 17.2 Å². The number of benzene rings is 3. The van der Waals surface area contributed by atoms with Crippen LogP contribution in [0.15, 0.2) is 77.8 Å². The Morgan fingerprint density at radius 3 is 2.66 bits per heavy atom. The van der Waals surface area contributed by atoms with Crippen molar-refractivity contribution in [3.8, 4) is 0 Å². The number of aromatic nitrogens is 1. The lowest BCUT2D eigenvalue weighted by Gasteiger charge is -2.24. The monoisotopic (exact) mass is 490 g/mol. The van der Waals surface area contributed by atoms with Crippen LogP contribution in [-0.2, 0) is 21.2 Å². The van der Waals surface area contributed by atoms with Gasteiger partial charge in [0.1, 0.15) is 6.04 Å². The summed E-state index contributed by atoms with van der Waals surface area (Å²) in [4.78, 5) is 16.7. The summed E-state index contributed by atoms with van der Waals surface area (Å²) >= 11 is 0. The van der Waals surface area contributed by atoms with Crippen LogP contribution in [0.25, 0.3) is 21.7 Å². The van der Waals surface area contributed by atoms with Crippen molar-refractivity contribution in [1.82, 2.24) is 20.3 Å². The smallest absolute Gasteiger partial charge is 0.241 e. The zero-order valence-electron chi connectivity index (χ0n) is 19.5. The van der Waals surface area contributed by atoms with Crippen LogP contribution in [0.2, 0.25) is 0 Å². The molecular weight excluding hydrogens is 460 g/mol. The van der Waals surface area contributed by atoms with E-state index in [1.165, 1.54) is 0 Å². The molecule has 1 aliphatic rings. The number of aromatic amines is 1. The lowest BCUT2D eigenvalue weighted by molar-refractivity contribution is -0.122. The summed E-state index contributed by atoms with van der Waals surface area (Å²) < 4.78 is 29.5. The number of para-hydroxylation sites is 1. The molecule has 1 fully saturated rings. The van der Waals surface area contributed by atoms with E-state index in [0.29, 0.717) is 12.5 Å². The molecule has 0 radical (unpaired) electrons. The van der Waals surface area contributed by atoms with E-state index < -0.39 is 16.1 Å². The maximum Gasteiger partial charge on any atom is 0.241 e. The van der Waals surface area contributed by atoms with Gasteiger partial charge in [-0.25, -0.2) is 8.42 Å². The van der Waals surface area contributed by atoms with Gasteiger partial charge in [-0.15, -0.1) is 0 Å². The van der Waals surface area contributed by atoms with Crippen molar-refractivity contribution in [2.24, 2.45) is 5.92 Å². The Bertz CT molecular complexity index is 1440. The van der Waals surface area contributed by atoms with Gasteiger partial charge in [-0.05, 0) is 72.8 Å². The first-order valence-electron chi connectivity index (χ1n) is 12.0. The molecule has 182 valence electrons. The van der Waals surface area contributed by atoms with Gasteiger partial charge in [0.15, 0.2) is 0 Å². The lowest BCUT2D eigenvalue weighted by atomic mass is 9.99. The van der Waals surface area contributed by atoms with Gasteiger partial charge in [-0.2, -0.15) is 4.72 Å². The quantitative estimate of drug-likeness (QED) is 0.304. The number of hydrogen-bond donors (Lipinski definition) is 4. The first kappa shape index (κ1) is 23.5. The molecule has 1 amide bonds. The molecule has 0 saturated carbocycles. The van der Waals surface area contributed by atoms with Crippen LogP contribution in [0.1, 0.15) is 18.4 Å². The third kappa shape index (κ3) is 5.40. The van der Waals surface area contributed by atoms with Gasteiger partial charge in [-0.3, -0.25) is 4.79 Å². The lowest BCUT2D eigenvalue weighted by Crippen LogP contribution is -2.49. The second kappa shape index (κ2) is 10.2. The van der Waals surface area contributed by atoms with Crippen LogP contribution in [0.5, 0.6) is 0 Å². The van der Waals surface area contributed by atoms with Crippen molar-refractivity contribution in [2.45, 2.75) is 30.2 Å². The second-order valence-electron chi connectivity index (χ2n) is 9.20. The number of nitrogens with one attached hydrogen (secondary N) is 4. The third-order valence-electron chi connectivity index (χ3n) is 6.71. The number of sulfonamides is 1. The standard InChI is InChI=1S/C27H30N4O3S/c32-27(30-17-19-6-5-13-28-16-19)26(15-22-18-29-25-10-4-3-9-24(22)25)31-35(33,34)23-12-11-20-7-1-2-8-21(20)14-23/h1-4,7-12,14,18-19,26,28-29,31H,5-6,13,15-17H2,(H,30,32)/t19-,26+/m0/s1. The Morgan fingerprint density at radius 2 is 1.83 bits per heavy atom. The van der Waals surface area contributed by atoms with Crippen molar-refractivity contribution in [3.05, 3.63) is 78.5 Å². The Hall–Kier alpha value is -3.20. The topological polar surface area (TPSA) is 103 Å². The van der Waals surface area contributed by atoms with Gasteiger partial charge < -0.3 is 15.6 Å². The van der Waals surface area contributed by atoms with Crippen molar-refractivity contribution in [1.29, 1.82) is 0 Å². The Labute approximate surface area is 205 Å². The van der Waals surface area contributed by atoms with Gasteiger partial charge in [0.25, 0.3) is 0 Å². The molecule has 4 N–H and O–H groups in total. The molecule has 35 heavy (non-hydrogen) atoms. The second-order valence-corrected chi connectivity index (χ2v) is 10.9. The summed E-state index contributed by atoms with van der Waals surface area (Å²) in [6, 6.07) is 19.5. The average molecular weight is 491 g/mol. The van der Waals surface area contributed by atoms with E-state index in [2.05, 4.69) is 20.3 Å². The molecular formula is C27H30N4O3S. The minimum Gasteiger partial charge on any atom is -0.361 e. The fraction of sp³-hybridized carbons (Fsp3) is 0.296. The number of H-pyrrole nitrogens is 1. The average Bonchev–Trinajstić information content (AvgIpc) is 3.30. The summed E-state index contributed by atoms with van der Waals surface area (Å²) in [5.74, 6) is 0.0313. The minimum atomic E-state index is -3.93. The zero-order valence-corrected chi connectivity index (χ0v) is 20.3. The van der Waals surface area contributed by atoms with Gasteiger partial charge in [0.2, 0.25) is 15.9 Å². The van der Waals surface area contributed by atoms with E-state index in [9.17, 15) is 13.2 Å². The van der Waals surface area contributed by atoms with Gasteiger partial charge in [0, 0.05) is 23.6 Å². The third-order valence-corrected chi connectivity index (χ3v) is 8.18. The fourth-order valence-corrected chi connectivity index (χ4v) is 5.99. The number of carbonyl (C=O) groups excluding carboxylic acids is 1. The zero-order chi connectivity index (χ0) is 24.3. The van der Waals surface area contributed by atoms with Crippen LogP contribution in [0, 0.1) is 5.92 Å². The Kier molecular flexibility index (Phi) is 6.86. The number of carbonyl (C=O) groups is 1. The molecule has 1 aromatic heterocycles. The molecule has 3 aromatic carbocycles. The van der Waals surface area contributed by atoms with Crippen LogP contribution in [-0.4, -0.2) is 45.0 Å². The highest BCUT2D eigenvalue weighted by Gasteiger charge is 2.28. The largest absolute Gasteiger partial charge is 0.361 e. The van der Waals surface area contributed by atoms with Crippen LogP contribution < -0.4 is 15.4 Å². The first-order valence-corrected chi connectivity index (χ1v) is 13.5. The summed E-state index contributed by atoms with van der Waals surface area (Å²) in [5.41, 5.74) is 1.84. The Balaban J connectivity index is 1.40. The predicted octanol–water partition coefficient (Wildman–Crippen LogP) is 3.33. The molecule has 5 rings (SSSR count). The van der Waals surface area contributed by atoms with Crippen molar-refractivity contribution >= 4 is 37.6 Å². The highest BCUT2D eigenvalue weighted by molar-refractivity contribution is 7.89. The number of hydrogen-bond acceptors (Lipinski definition) is 4. The first-order chi connectivity index (χ1) is 17.0. The SMILES string of the molecule is O=C(NC[C@H]1CCCNC1)[C@@H](Cc1c[nH]c2ccccc12)NS(=O)(=O)c1ccc2ccccc2c1. The van der Waals surface area contributed by atoms with E-state index in [1.807, 2.05) is 54.7 Å². The van der Waals surface area contributed by atoms with Gasteiger partial charge in [-0.1, -0.05) is 48.5 Å². The van der Waals surface area contributed by atoms with Crippen molar-refractivity contribution in [2.75, 3.05) is 19.6 Å². The number of fused-ring (bicyclic) bond motifs is 2. The maximum atomic E-state index is 13.4.